The predicted molar refractivity (Wildman–Crippen MR) is 127 cm³/mol. The predicted octanol–water partition coefficient (Wildman–Crippen LogP) is 3.54. The van der Waals surface area contributed by atoms with Crippen LogP contribution in [0.2, 0.25) is 0 Å². The number of hydrogen-bond donors (Lipinski definition) is 3. The van der Waals surface area contributed by atoms with Crippen molar-refractivity contribution >= 4 is 34.6 Å². The van der Waals surface area contributed by atoms with Gasteiger partial charge in [-0.3, -0.25) is 10.2 Å². The Morgan fingerprint density at radius 2 is 1.85 bits per heavy atom. The number of nitrogens with one attached hydrogen (secondary N) is 1. The van der Waals surface area contributed by atoms with Crippen LogP contribution in [-0.4, -0.2) is 39.1 Å². The molecule has 8 heteroatoms. The van der Waals surface area contributed by atoms with Gasteiger partial charge in [0.15, 0.2) is 11.3 Å². The van der Waals surface area contributed by atoms with E-state index in [-0.39, 0.29) is 17.9 Å². The lowest BCUT2D eigenvalue weighted by Crippen LogP contribution is -2.50. The summed E-state index contributed by atoms with van der Waals surface area (Å²) < 4.78 is 0. The lowest BCUT2D eigenvalue weighted by molar-refractivity contribution is -0.142. The number of carboxylic acid groups (broad SMARTS) is 1. The smallest absolute Gasteiger partial charge is 0.335 e. The molecule has 0 spiro atoms. The third kappa shape index (κ3) is 4.15. The van der Waals surface area contributed by atoms with Gasteiger partial charge >= 0.3 is 11.9 Å². The molecule has 2 aliphatic rings. The Morgan fingerprint density at radius 1 is 1.15 bits per heavy atom. The van der Waals surface area contributed by atoms with Crippen molar-refractivity contribution in [3.8, 4) is 5.75 Å². The third-order valence-corrected chi connectivity index (χ3v) is 5.58. The zero-order valence-electron chi connectivity index (χ0n) is 18.5. The van der Waals surface area contributed by atoms with Crippen LogP contribution < -0.4 is 10.4 Å². The van der Waals surface area contributed by atoms with Crippen LogP contribution in [0.5, 0.6) is 5.75 Å². The summed E-state index contributed by atoms with van der Waals surface area (Å²) in [4.78, 5) is 25.3. The fraction of sp³-hybridized carbons (Fsp3) is 0.200. The summed E-state index contributed by atoms with van der Waals surface area (Å²) in [6, 6.07) is 12.4. The van der Waals surface area contributed by atoms with Gasteiger partial charge in [-0.05, 0) is 61.7 Å². The van der Waals surface area contributed by atoms with Crippen molar-refractivity contribution in [2.45, 2.75) is 32.7 Å². The molecule has 2 aromatic carbocycles. The van der Waals surface area contributed by atoms with Crippen molar-refractivity contribution < 1.29 is 19.8 Å². The van der Waals surface area contributed by atoms with Crippen LogP contribution in [-0.2, 0) is 9.59 Å². The summed E-state index contributed by atoms with van der Waals surface area (Å²) in [6.07, 6.45) is 4.86. The Labute approximate surface area is 191 Å². The highest BCUT2D eigenvalue weighted by Crippen LogP contribution is 2.34. The molecular formula is C25H24N4O4. The van der Waals surface area contributed by atoms with E-state index < -0.39 is 17.4 Å². The third-order valence-electron chi connectivity index (χ3n) is 5.58. The molecule has 0 aromatic heterocycles. The van der Waals surface area contributed by atoms with Gasteiger partial charge in [-0.25, -0.2) is 4.79 Å². The summed E-state index contributed by atoms with van der Waals surface area (Å²) in [6.45, 7) is 5.52. The van der Waals surface area contributed by atoms with Crippen LogP contribution in [0, 0.1) is 13.8 Å². The van der Waals surface area contributed by atoms with E-state index in [0.29, 0.717) is 22.5 Å². The number of aromatic hydroxyl groups is 1. The number of aryl methyl sites for hydroxylation is 2. The summed E-state index contributed by atoms with van der Waals surface area (Å²) in [5.74, 6) is -1.54. The summed E-state index contributed by atoms with van der Waals surface area (Å²) in [7, 11) is 0. The molecular weight excluding hydrogens is 420 g/mol. The standard InChI is InChI=1S/C25H24N4O4/c1-15-11-16(2)13-19(12-15)29-23(31)22(17(3)27-29)26-28-25(24(32)33)10-6-7-18(14-25)20-8-4-5-9-21(20)30/h4-13,28,30H,14H2,1-3H3,(H,32,33)/b26-22-. The fourth-order valence-electron chi connectivity index (χ4n) is 3.98. The number of carbonyl (C=O) groups is 2. The first-order valence-corrected chi connectivity index (χ1v) is 10.4. The van der Waals surface area contributed by atoms with E-state index in [1.807, 2.05) is 32.0 Å². The number of phenolic OH excluding ortho intramolecular Hbond substituents is 1. The molecule has 1 heterocycles. The van der Waals surface area contributed by atoms with Crippen LogP contribution in [0.25, 0.3) is 5.57 Å². The molecule has 1 aliphatic carbocycles. The molecule has 168 valence electrons. The largest absolute Gasteiger partial charge is 0.507 e. The molecule has 1 unspecified atom stereocenters. The van der Waals surface area contributed by atoms with Gasteiger partial charge in [-0.15, -0.1) is 0 Å². The monoisotopic (exact) mass is 444 g/mol. The highest BCUT2D eigenvalue weighted by atomic mass is 16.4. The molecule has 0 saturated carbocycles. The Balaban J connectivity index is 1.61. The second-order valence-electron chi connectivity index (χ2n) is 8.24. The van der Waals surface area contributed by atoms with E-state index in [9.17, 15) is 19.8 Å². The maximum atomic E-state index is 13.0. The van der Waals surface area contributed by atoms with Crippen LogP contribution in [0.1, 0.15) is 30.0 Å². The lowest BCUT2D eigenvalue weighted by Gasteiger charge is -2.29. The number of para-hydroxylation sites is 1. The zero-order chi connectivity index (χ0) is 23.8. The van der Waals surface area contributed by atoms with Gasteiger partial charge in [0.2, 0.25) is 0 Å². The average molecular weight is 444 g/mol. The molecule has 0 fully saturated rings. The van der Waals surface area contributed by atoms with Crippen molar-refractivity contribution in [1.82, 2.24) is 5.43 Å². The topological polar surface area (TPSA) is 115 Å². The molecule has 0 saturated heterocycles. The minimum absolute atomic E-state index is 0.0261. The zero-order valence-corrected chi connectivity index (χ0v) is 18.5. The lowest BCUT2D eigenvalue weighted by atomic mass is 9.84. The molecule has 4 rings (SSSR count). The number of carbonyl (C=O) groups excluding carboxylic acids is 1. The number of phenols is 1. The summed E-state index contributed by atoms with van der Waals surface area (Å²) in [5, 5.41) is 30.0. The Morgan fingerprint density at radius 3 is 2.52 bits per heavy atom. The number of aliphatic carboxylic acids is 1. The first-order chi connectivity index (χ1) is 15.7. The Kier molecular flexibility index (Phi) is 5.59. The SMILES string of the molecule is CC1=NN(c2cc(C)cc(C)c2)C(=O)/C1=N\NC1(C(=O)O)C=CC=C(c2ccccc2O)C1. The second-order valence-corrected chi connectivity index (χ2v) is 8.24. The Hall–Kier alpha value is -4.20. The number of allylic oxidation sites excluding steroid dienone is 2. The van der Waals surface area contributed by atoms with Gasteiger partial charge in [0, 0.05) is 12.0 Å². The first kappa shape index (κ1) is 22.0. The molecule has 33 heavy (non-hydrogen) atoms. The minimum Gasteiger partial charge on any atom is -0.507 e. The van der Waals surface area contributed by atoms with E-state index in [2.05, 4.69) is 15.6 Å². The number of benzene rings is 2. The average Bonchev–Trinajstić information content (AvgIpc) is 3.05. The van der Waals surface area contributed by atoms with Crippen LogP contribution in [0.3, 0.4) is 0 Å². The van der Waals surface area contributed by atoms with Gasteiger partial charge in [0.1, 0.15) is 5.75 Å². The van der Waals surface area contributed by atoms with Crippen LogP contribution in [0.15, 0.2) is 70.9 Å². The number of rotatable bonds is 5. The van der Waals surface area contributed by atoms with Crippen molar-refractivity contribution in [2.24, 2.45) is 10.2 Å². The van der Waals surface area contributed by atoms with E-state index in [1.54, 1.807) is 43.3 Å². The van der Waals surface area contributed by atoms with Gasteiger partial charge in [-0.2, -0.15) is 15.2 Å². The van der Waals surface area contributed by atoms with Crippen molar-refractivity contribution in [3.05, 3.63) is 77.4 Å². The van der Waals surface area contributed by atoms with E-state index in [0.717, 1.165) is 11.1 Å². The summed E-state index contributed by atoms with van der Waals surface area (Å²) >= 11 is 0. The highest BCUT2D eigenvalue weighted by Gasteiger charge is 2.40. The van der Waals surface area contributed by atoms with Gasteiger partial charge in [0.25, 0.3) is 0 Å². The van der Waals surface area contributed by atoms with E-state index in [1.165, 1.54) is 11.1 Å². The quantitative estimate of drug-likeness (QED) is 0.610. The van der Waals surface area contributed by atoms with Gasteiger partial charge in [0.05, 0.1) is 11.4 Å². The van der Waals surface area contributed by atoms with E-state index >= 15 is 0 Å². The summed E-state index contributed by atoms with van der Waals surface area (Å²) in [5.41, 5.74) is 5.32. The van der Waals surface area contributed by atoms with Crippen LogP contribution in [0.4, 0.5) is 5.69 Å². The first-order valence-electron chi connectivity index (χ1n) is 10.4. The molecule has 1 atom stereocenters. The van der Waals surface area contributed by atoms with Crippen molar-refractivity contribution in [3.63, 3.8) is 0 Å². The number of hydrogen-bond acceptors (Lipinski definition) is 6. The Bertz CT molecular complexity index is 1250. The van der Waals surface area contributed by atoms with Crippen molar-refractivity contribution in [2.75, 3.05) is 5.01 Å². The molecule has 8 nitrogen and oxygen atoms in total. The molecule has 3 N–H and O–H groups in total. The molecule has 1 aliphatic heterocycles. The fourth-order valence-corrected chi connectivity index (χ4v) is 3.98. The van der Waals surface area contributed by atoms with Gasteiger partial charge < -0.3 is 10.2 Å². The molecule has 0 radical (unpaired) electrons. The molecule has 2 aromatic rings. The van der Waals surface area contributed by atoms with Gasteiger partial charge in [-0.1, -0.05) is 36.4 Å². The van der Waals surface area contributed by atoms with Crippen molar-refractivity contribution in [1.29, 1.82) is 0 Å². The molecule has 0 bridgehead atoms. The second kappa shape index (κ2) is 8.38. The number of nitrogens with zero attached hydrogens (tertiary/aromatic N) is 3. The minimum atomic E-state index is -1.59. The number of amides is 1. The van der Waals surface area contributed by atoms with E-state index in [4.69, 9.17) is 0 Å². The van der Waals surface area contributed by atoms with Crippen LogP contribution >= 0.6 is 0 Å². The highest BCUT2D eigenvalue weighted by molar-refractivity contribution is 6.71. The number of carboxylic acids is 1. The number of hydrazone groups is 2. The maximum Gasteiger partial charge on any atom is 0.335 e. The number of anilines is 1. The normalized spacial score (nSPS) is 21.2. The maximum absolute atomic E-state index is 13.0. The molecule has 1 amide bonds.